The zero-order valence-corrected chi connectivity index (χ0v) is 12.0. The summed E-state index contributed by atoms with van der Waals surface area (Å²) >= 11 is 5.75. The average Bonchev–Trinajstić information content (AvgIpc) is 2.44. The number of hydrogen-bond donors (Lipinski definition) is 1. The molecule has 2 amide bonds. The van der Waals surface area contributed by atoms with Crippen LogP contribution in [0.1, 0.15) is 5.56 Å². The molecule has 6 heteroatoms. The fourth-order valence-corrected chi connectivity index (χ4v) is 1.86. The molecule has 0 aliphatic rings. The van der Waals surface area contributed by atoms with Crippen LogP contribution < -0.4 is 5.32 Å². The van der Waals surface area contributed by atoms with Crippen molar-refractivity contribution in [2.75, 3.05) is 12.4 Å². The molecule has 21 heavy (non-hydrogen) atoms. The molecule has 2 aromatic carbocycles. The van der Waals surface area contributed by atoms with Gasteiger partial charge in [0.1, 0.15) is 11.6 Å². The molecule has 0 atom stereocenters. The summed E-state index contributed by atoms with van der Waals surface area (Å²) in [5.74, 6) is -1.33. The Hall–Kier alpha value is -2.14. The third-order valence-electron chi connectivity index (χ3n) is 2.86. The number of nitrogens with one attached hydrogen (secondary N) is 1. The van der Waals surface area contributed by atoms with E-state index in [0.717, 1.165) is 12.1 Å². The number of urea groups is 1. The van der Waals surface area contributed by atoms with Crippen LogP contribution >= 0.6 is 11.6 Å². The quantitative estimate of drug-likeness (QED) is 0.901. The van der Waals surface area contributed by atoms with Gasteiger partial charge >= 0.3 is 6.03 Å². The van der Waals surface area contributed by atoms with E-state index in [1.54, 1.807) is 24.3 Å². The van der Waals surface area contributed by atoms with Crippen LogP contribution in [0, 0.1) is 11.6 Å². The predicted molar refractivity (Wildman–Crippen MR) is 78.3 cm³/mol. The van der Waals surface area contributed by atoms with Gasteiger partial charge < -0.3 is 10.2 Å². The summed E-state index contributed by atoms with van der Waals surface area (Å²) in [4.78, 5) is 13.3. The van der Waals surface area contributed by atoms with Crippen LogP contribution in [0.3, 0.4) is 0 Å². The lowest BCUT2D eigenvalue weighted by Gasteiger charge is -2.18. The molecule has 3 nitrogen and oxygen atoms in total. The van der Waals surface area contributed by atoms with Crippen molar-refractivity contribution in [2.24, 2.45) is 0 Å². The zero-order valence-electron chi connectivity index (χ0n) is 11.2. The molecule has 2 rings (SSSR count). The van der Waals surface area contributed by atoms with E-state index in [0.29, 0.717) is 10.7 Å². The monoisotopic (exact) mass is 310 g/mol. The Morgan fingerprint density at radius 3 is 2.48 bits per heavy atom. The van der Waals surface area contributed by atoms with Crippen molar-refractivity contribution < 1.29 is 13.6 Å². The van der Waals surface area contributed by atoms with E-state index in [1.807, 2.05) is 0 Å². The van der Waals surface area contributed by atoms with Crippen LogP contribution in [0.5, 0.6) is 0 Å². The molecule has 0 aliphatic carbocycles. The van der Waals surface area contributed by atoms with Crippen LogP contribution in [0.25, 0.3) is 0 Å². The molecule has 0 unspecified atom stereocenters. The molecule has 1 N–H and O–H groups in total. The second-order valence-electron chi connectivity index (χ2n) is 4.53. The van der Waals surface area contributed by atoms with Gasteiger partial charge in [0.05, 0.1) is 0 Å². The Balaban J connectivity index is 2.00. The molecular weight excluding hydrogens is 298 g/mol. The lowest BCUT2D eigenvalue weighted by molar-refractivity contribution is 0.220. The highest BCUT2D eigenvalue weighted by atomic mass is 35.5. The highest BCUT2D eigenvalue weighted by Crippen LogP contribution is 2.15. The Labute approximate surface area is 126 Å². The average molecular weight is 311 g/mol. The Bertz CT molecular complexity index is 647. The second kappa shape index (κ2) is 6.54. The topological polar surface area (TPSA) is 32.3 Å². The van der Waals surface area contributed by atoms with Crippen LogP contribution in [0.4, 0.5) is 19.3 Å². The maximum Gasteiger partial charge on any atom is 0.321 e. The summed E-state index contributed by atoms with van der Waals surface area (Å²) in [6, 6.07) is 9.48. The first-order chi connectivity index (χ1) is 9.95. The molecular formula is C15H13ClF2N2O. The maximum absolute atomic E-state index is 13.5. The Morgan fingerprint density at radius 1 is 1.19 bits per heavy atom. The number of amides is 2. The summed E-state index contributed by atoms with van der Waals surface area (Å²) < 4.78 is 26.4. The van der Waals surface area contributed by atoms with E-state index in [9.17, 15) is 13.6 Å². The summed E-state index contributed by atoms with van der Waals surface area (Å²) in [7, 11) is 1.52. The molecule has 2 aromatic rings. The number of nitrogens with zero attached hydrogens (tertiary/aromatic N) is 1. The third-order valence-corrected chi connectivity index (χ3v) is 3.12. The van der Waals surface area contributed by atoms with Gasteiger partial charge in [-0.05, 0) is 30.3 Å². The predicted octanol–water partition coefficient (Wildman–Crippen LogP) is 4.28. The van der Waals surface area contributed by atoms with Crippen LogP contribution in [0.2, 0.25) is 5.02 Å². The van der Waals surface area contributed by atoms with Gasteiger partial charge in [0.2, 0.25) is 0 Å². The van der Waals surface area contributed by atoms with Gasteiger partial charge in [-0.1, -0.05) is 17.7 Å². The maximum atomic E-state index is 13.5. The minimum Gasteiger partial charge on any atom is -0.323 e. The summed E-state index contributed by atoms with van der Waals surface area (Å²) in [6.07, 6.45) is 0. The molecule has 0 saturated carbocycles. The van der Waals surface area contributed by atoms with Crippen molar-refractivity contribution in [1.82, 2.24) is 4.90 Å². The number of rotatable bonds is 3. The standard InChI is InChI=1S/C15H13ClF2N2O/c1-20(9-10-2-5-12(17)8-14(10)18)15(21)19-13-6-3-11(16)4-7-13/h2-8H,9H2,1H3,(H,19,21). The van der Waals surface area contributed by atoms with E-state index in [2.05, 4.69) is 5.32 Å². The molecule has 0 radical (unpaired) electrons. The van der Waals surface area contributed by atoms with E-state index >= 15 is 0 Å². The molecule has 0 spiro atoms. The number of benzene rings is 2. The molecule has 0 fully saturated rings. The Morgan fingerprint density at radius 2 is 1.86 bits per heavy atom. The number of halogens is 3. The van der Waals surface area contributed by atoms with Gasteiger partial charge in [0, 0.05) is 35.9 Å². The second-order valence-corrected chi connectivity index (χ2v) is 4.97. The normalized spacial score (nSPS) is 10.3. The first-order valence-electron chi connectivity index (χ1n) is 6.17. The van der Waals surface area contributed by atoms with Crippen LogP contribution in [0.15, 0.2) is 42.5 Å². The highest BCUT2D eigenvalue weighted by molar-refractivity contribution is 6.30. The van der Waals surface area contributed by atoms with Crippen LogP contribution in [-0.4, -0.2) is 18.0 Å². The molecule has 0 bridgehead atoms. The number of hydrogen-bond acceptors (Lipinski definition) is 1. The lowest BCUT2D eigenvalue weighted by atomic mass is 10.2. The minimum absolute atomic E-state index is 0.0333. The minimum atomic E-state index is -0.679. The van der Waals surface area contributed by atoms with Gasteiger partial charge in [-0.2, -0.15) is 0 Å². The van der Waals surface area contributed by atoms with Crippen molar-refractivity contribution in [2.45, 2.75) is 6.54 Å². The molecule has 0 aromatic heterocycles. The molecule has 0 aliphatic heterocycles. The number of anilines is 1. The van der Waals surface area contributed by atoms with Crippen molar-refractivity contribution >= 4 is 23.3 Å². The number of carbonyl (C=O) groups is 1. The van der Waals surface area contributed by atoms with Gasteiger partial charge in [-0.25, -0.2) is 13.6 Å². The summed E-state index contributed by atoms with van der Waals surface area (Å²) in [6.45, 7) is 0.0333. The van der Waals surface area contributed by atoms with Crippen molar-refractivity contribution in [1.29, 1.82) is 0 Å². The SMILES string of the molecule is CN(Cc1ccc(F)cc1F)C(=O)Nc1ccc(Cl)cc1. The molecule has 0 heterocycles. The largest absolute Gasteiger partial charge is 0.323 e. The fourth-order valence-electron chi connectivity index (χ4n) is 1.73. The lowest BCUT2D eigenvalue weighted by Crippen LogP contribution is -2.31. The first kappa shape index (κ1) is 15.3. The van der Waals surface area contributed by atoms with Crippen molar-refractivity contribution in [3.05, 3.63) is 64.7 Å². The van der Waals surface area contributed by atoms with Gasteiger partial charge in [0.15, 0.2) is 0 Å². The highest BCUT2D eigenvalue weighted by Gasteiger charge is 2.12. The van der Waals surface area contributed by atoms with Gasteiger partial charge in [-0.3, -0.25) is 0 Å². The van der Waals surface area contributed by atoms with Crippen LogP contribution in [-0.2, 0) is 6.54 Å². The van der Waals surface area contributed by atoms with E-state index in [1.165, 1.54) is 18.0 Å². The van der Waals surface area contributed by atoms with E-state index < -0.39 is 17.7 Å². The first-order valence-corrected chi connectivity index (χ1v) is 6.55. The molecule has 110 valence electrons. The van der Waals surface area contributed by atoms with Gasteiger partial charge in [0.25, 0.3) is 0 Å². The fraction of sp³-hybridized carbons (Fsp3) is 0.133. The zero-order chi connectivity index (χ0) is 15.4. The third kappa shape index (κ3) is 4.16. The van der Waals surface area contributed by atoms with Crippen molar-refractivity contribution in [3.63, 3.8) is 0 Å². The molecule has 0 saturated heterocycles. The van der Waals surface area contributed by atoms with Crippen molar-refractivity contribution in [3.8, 4) is 0 Å². The Kier molecular flexibility index (Phi) is 4.75. The number of carbonyl (C=O) groups excluding carboxylic acids is 1. The summed E-state index contributed by atoms with van der Waals surface area (Å²) in [5, 5.41) is 3.22. The van der Waals surface area contributed by atoms with Gasteiger partial charge in [-0.15, -0.1) is 0 Å². The van der Waals surface area contributed by atoms with E-state index in [4.69, 9.17) is 11.6 Å². The summed E-state index contributed by atoms with van der Waals surface area (Å²) in [5.41, 5.74) is 0.820. The van der Waals surface area contributed by atoms with E-state index in [-0.39, 0.29) is 12.1 Å². The smallest absolute Gasteiger partial charge is 0.321 e.